The van der Waals surface area contributed by atoms with E-state index in [9.17, 15) is 14.9 Å². The summed E-state index contributed by atoms with van der Waals surface area (Å²) < 4.78 is 5.91. The summed E-state index contributed by atoms with van der Waals surface area (Å²) in [5.41, 5.74) is 3.03. The molecule has 3 aromatic rings. The van der Waals surface area contributed by atoms with E-state index in [0.717, 1.165) is 44.7 Å². The van der Waals surface area contributed by atoms with E-state index in [1.807, 2.05) is 63.4 Å². The van der Waals surface area contributed by atoms with E-state index in [1.54, 1.807) is 4.90 Å². The molecule has 0 bridgehead atoms. The van der Waals surface area contributed by atoms with Crippen molar-refractivity contribution in [3.05, 3.63) is 66.9 Å². The molecule has 3 heterocycles. The lowest BCUT2D eigenvalue weighted by atomic mass is 10.0. The third kappa shape index (κ3) is 7.69. The summed E-state index contributed by atoms with van der Waals surface area (Å²) in [6.45, 7) is 11.3. The molecule has 2 saturated heterocycles. The number of piperidine rings is 1. The molecule has 0 radical (unpaired) electrons. The van der Waals surface area contributed by atoms with Crippen LogP contribution in [0.4, 0.5) is 34.5 Å². The van der Waals surface area contributed by atoms with Gasteiger partial charge < -0.3 is 30.5 Å². The van der Waals surface area contributed by atoms with Crippen LogP contribution >= 0.6 is 0 Å². The van der Waals surface area contributed by atoms with Crippen molar-refractivity contribution in [3.63, 3.8) is 0 Å². The summed E-state index contributed by atoms with van der Waals surface area (Å²) in [4.78, 5) is 39.9. The predicted molar refractivity (Wildman–Crippen MR) is 175 cm³/mol. The molecule has 2 aromatic carbocycles. The SMILES string of the molecule is C=CC(=O)Nc1cc(N2CCC(N3CCN(C)C(=O)C3)CC2)ccc1Nc1ncc(C#N)c(Nc2ccccc2OC(C)C)n1. The summed E-state index contributed by atoms with van der Waals surface area (Å²) in [5, 5.41) is 19.0. The maximum absolute atomic E-state index is 12.4. The van der Waals surface area contributed by atoms with E-state index in [-0.39, 0.29) is 29.4 Å². The Balaban J connectivity index is 1.34. The summed E-state index contributed by atoms with van der Waals surface area (Å²) in [6, 6.07) is 15.7. The molecule has 2 aliphatic heterocycles. The van der Waals surface area contributed by atoms with Crippen LogP contribution in [-0.4, -0.2) is 83.5 Å². The number of benzene rings is 2. The molecule has 0 unspecified atom stereocenters. The van der Waals surface area contributed by atoms with Gasteiger partial charge in [0.2, 0.25) is 17.8 Å². The number of rotatable bonds is 10. The molecule has 2 amide bonds. The number of piperazine rings is 1. The lowest BCUT2D eigenvalue weighted by Gasteiger charge is -2.42. The van der Waals surface area contributed by atoms with Gasteiger partial charge in [-0.05, 0) is 63.1 Å². The molecular weight excluding hydrogens is 570 g/mol. The zero-order valence-corrected chi connectivity index (χ0v) is 25.9. The van der Waals surface area contributed by atoms with Crippen LogP contribution in [0.25, 0.3) is 0 Å². The van der Waals surface area contributed by atoms with Crippen LogP contribution in [-0.2, 0) is 9.59 Å². The van der Waals surface area contributed by atoms with E-state index in [4.69, 9.17) is 4.74 Å². The zero-order valence-electron chi connectivity index (χ0n) is 25.9. The number of para-hydroxylation sites is 2. The van der Waals surface area contributed by atoms with Crippen molar-refractivity contribution in [2.75, 3.05) is 60.6 Å². The molecule has 0 aliphatic carbocycles. The molecule has 2 aliphatic rings. The topological polar surface area (TPSA) is 139 Å². The fraction of sp³-hybridized carbons (Fsp3) is 0.364. The van der Waals surface area contributed by atoms with Crippen molar-refractivity contribution in [1.82, 2.24) is 19.8 Å². The summed E-state index contributed by atoms with van der Waals surface area (Å²) in [7, 11) is 1.86. The van der Waals surface area contributed by atoms with Gasteiger partial charge in [-0.3, -0.25) is 14.5 Å². The van der Waals surface area contributed by atoms with Gasteiger partial charge in [-0.15, -0.1) is 0 Å². The second-order valence-corrected chi connectivity index (χ2v) is 11.4. The second kappa shape index (κ2) is 14.1. The molecule has 0 atom stereocenters. The molecule has 234 valence electrons. The van der Waals surface area contributed by atoms with Gasteiger partial charge in [0, 0.05) is 45.0 Å². The Morgan fingerprint density at radius 1 is 1.09 bits per heavy atom. The molecule has 5 rings (SSSR count). The zero-order chi connectivity index (χ0) is 31.9. The lowest BCUT2D eigenvalue weighted by Crippen LogP contribution is -2.54. The maximum atomic E-state index is 12.4. The number of nitriles is 1. The Kier molecular flexibility index (Phi) is 9.79. The van der Waals surface area contributed by atoms with Crippen LogP contribution in [0.2, 0.25) is 0 Å². The smallest absolute Gasteiger partial charge is 0.247 e. The van der Waals surface area contributed by atoms with Crippen molar-refractivity contribution in [1.29, 1.82) is 5.26 Å². The van der Waals surface area contributed by atoms with Gasteiger partial charge in [0.05, 0.1) is 35.9 Å². The van der Waals surface area contributed by atoms with E-state index in [2.05, 4.69) is 48.4 Å². The monoisotopic (exact) mass is 609 g/mol. The van der Waals surface area contributed by atoms with Gasteiger partial charge in [-0.2, -0.15) is 10.2 Å². The minimum absolute atomic E-state index is 0.0350. The Bertz CT molecular complexity index is 1590. The first-order chi connectivity index (χ1) is 21.7. The first-order valence-electron chi connectivity index (χ1n) is 15.1. The molecule has 1 aromatic heterocycles. The number of hydrogen-bond acceptors (Lipinski definition) is 10. The van der Waals surface area contributed by atoms with Gasteiger partial charge >= 0.3 is 0 Å². The van der Waals surface area contributed by atoms with Crippen molar-refractivity contribution in [2.45, 2.75) is 38.8 Å². The maximum Gasteiger partial charge on any atom is 0.247 e. The Labute approximate surface area is 263 Å². The van der Waals surface area contributed by atoms with E-state index in [1.165, 1.54) is 12.3 Å². The highest BCUT2D eigenvalue weighted by Gasteiger charge is 2.30. The largest absolute Gasteiger partial charge is 0.489 e. The average Bonchev–Trinajstić information content (AvgIpc) is 3.04. The van der Waals surface area contributed by atoms with Crippen LogP contribution in [0.3, 0.4) is 0 Å². The number of likely N-dealkylation sites (N-methyl/N-ethyl adjacent to an activating group) is 1. The number of aromatic nitrogens is 2. The minimum atomic E-state index is -0.349. The molecule has 2 fully saturated rings. The fourth-order valence-electron chi connectivity index (χ4n) is 5.50. The molecule has 12 heteroatoms. The molecular formula is C33H39N9O3. The molecule has 12 nitrogen and oxygen atoms in total. The lowest BCUT2D eigenvalue weighted by molar-refractivity contribution is -0.135. The first-order valence-corrected chi connectivity index (χ1v) is 15.1. The standard InChI is InChI=1S/C33H39N9O3/c1-5-30(43)36-28-18-25(41-14-12-24(13-15-41)42-17-16-40(4)31(44)21-42)10-11-26(28)38-33-35-20-23(19-34)32(39-33)37-27-8-6-7-9-29(27)45-22(2)3/h5-11,18,20,22,24H,1,12-17,21H2,2-4H3,(H,36,43)(H2,35,37,38,39). The average molecular weight is 610 g/mol. The van der Waals surface area contributed by atoms with Crippen LogP contribution < -0.4 is 25.6 Å². The Morgan fingerprint density at radius 3 is 2.58 bits per heavy atom. The van der Waals surface area contributed by atoms with Gasteiger partial charge in [-0.1, -0.05) is 18.7 Å². The molecule has 45 heavy (non-hydrogen) atoms. The third-order valence-electron chi connectivity index (χ3n) is 7.94. The van der Waals surface area contributed by atoms with Gasteiger partial charge in [0.25, 0.3) is 0 Å². The van der Waals surface area contributed by atoms with E-state index < -0.39 is 0 Å². The predicted octanol–water partition coefficient (Wildman–Crippen LogP) is 4.49. The number of anilines is 6. The summed E-state index contributed by atoms with van der Waals surface area (Å²) >= 11 is 0. The molecule has 0 saturated carbocycles. The highest BCUT2D eigenvalue weighted by molar-refractivity contribution is 6.02. The first kappa shape index (κ1) is 31.3. The van der Waals surface area contributed by atoms with Crippen LogP contribution in [0.1, 0.15) is 32.3 Å². The van der Waals surface area contributed by atoms with Crippen LogP contribution in [0.15, 0.2) is 61.3 Å². The number of ether oxygens (including phenoxy) is 1. The van der Waals surface area contributed by atoms with Gasteiger partial charge in [-0.25, -0.2) is 4.98 Å². The normalized spacial score (nSPS) is 15.8. The summed E-state index contributed by atoms with van der Waals surface area (Å²) in [5.74, 6) is 1.01. The van der Waals surface area contributed by atoms with Crippen molar-refractivity contribution in [2.24, 2.45) is 0 Å². The summed E-state index contributed by atoms with van der Waals surface area (Å²) in [6.07, 6.45) is 4.53. The Morgan fingerprint density at radius 2 is 1.87 bits per heavy atom. The van der Waals surface area contributed by atoms with Crippen molar-refractivity contribution < 1.29 is 14.3 Å². The number of nitrogens with zero attached hydrogens (tertiary/aromatic N) is 6. The highest BCUT2D eigenvalue weighted by atomic mass is 16.5. The fourth-order valence-corrected chi connectivity index (χ4v) is 5.50. The second-order valence-electron chi connectivity index (χ2n) is 11.4. The number of carbonyl (C=O) groups excluding carboxylic acids is 2. The quantitative estimate of drug-likeness (QED) is 0.282. The third-order valence-corrected chi connectivity index (χ3v) is 7.94. The van der Waals surface area contributed by atoms with Crippen LogP contribution in [0.5, 0.6) is 5.75 Å². The minimum Gasteiger partial charge on any atom is -0.489 e. The number of hydrogen-bond donors (Lipinski definition) is 3. The van der Waals surface area contributed by atoms with Crippen molar-refractivity contribution in [3.8, 4) is 11.8 Å². The van der Waals surface area contributed by atoms with Crippen molar-refractivity contribution >= 4 is 46.3 Å². The van der Waals surface area contributed by atoms with Gasteiger partial charge in [0.15, 0.2) is 5.82 Å². The van der Waals surface area contributed by atoms with Crippen LogP contribution in [0, 0.1) is 11.3 Å². The van der Waals surface area contributed by atoms with Gasteiger partial charge in [0.1, 0.15) is 17.4 Å². The Hall–Kier alpha value is -5.15. The number of nitrogens with one attached hydrogen (secondary N) is 3. The number of amides is 2. The molecule has 0 spiro atoms. The van der Waals surface area contributed by atoms with E-state index >= 15 is 0 Å². The van der Waals surface area contributed by atoms with E-state index in [0.29, 0.717) is 41.2 Å². The molecule has 3 N–H and O–H groups in total. The number of carbonyl (C=O) groups is 2. The highest BCUT2D eigenvalue weighted by Crippen LogP contribution is 2.33.